The number of rotatable bonds is 6. The maximum absolute atomic E-state index is 9.65. The predicted octanol–water partition coefficient (Wildman–Crippen LogP) is -0.798. The van der Waals surface area contributed by atoms with Gasteiger partial charge in [-0.15, -0.1) is 0 Å². The molecule has 6 heteroatoms. The molecule has 0 aromatic heterocycles. The molecule has 0 aromatic rings. The number of carboxylic acids is 1. The molecule has 0 aromatic carbocycles. The standard InChI is InChI=1S/C6H14O3.C4H8O3/c1-2-6(3-7,4-8)5-9;1-3(5)2-4(6)7/h7-9H,2-5H2,1H3;3,5H,2H2,1H3,(H,6,7). The SMILES string of the molecule is CC(O)CC(=O)O.CCC(CO)(CO)CO. The van der Waals surface area contributed by atoms with Crippen LogP contribution in [0.4, 0.5) is 0 Å². The van der Waals surface area contributed by atoms with Crippen LogP contribution in [0.25, 0.3) is 0 Å². The van der Waals surface area contributed by atoms with Crippen LogP contribution in [0.15, 0.2) is 0 Å². The summed E-state index contributed by atoms with van der Waals surface area (Å²) in [6.45, 7) is 2.79. The van der Waals surface area contributed by atoms with Crippen molar-refractivity contribution < 1.29 is 30.3 Å². The molecule has 1 unspecified atom stereocenters. The summed E-state index contributed by atoms with van der Waals surface area (Å²) in [4.78, 5) is 9.65. The Balaban J connectivity index is 0. The van der Waals surface area contributed by atoms with E-state index in [1.807, 2.05) is 6.92 Å². The Kier molecular flexibility index (Phi) is 10.5. The molecule has 16 heavy (non-hydrogen) atoms. The van der Waals surface area contributed by atoms with Gasteiger partial charge in [-0.2, -0.15) is 0 Å². The zero-order chi connectivity index (χ0) is 13.2. The van der Waals surface area contributed by atoms with E-state index in [0.717, 1.165) is 0 Å². The Labute approximate surface area is 95.2 Å². The molecule has 0 rings (SSSR count). The summed E-state index contributed by atoms with van der Waals surface area (Å²) in [5, 5.41) is 42.2. The lowest BCUT2D eigenvalue weighted by Crippen LogP contribution is -2.32. The maximum atomic E-state index is 9.65. The smallest absolute Gasteiger partial charge is 0.305 e. The number of hydrogen-bond donors (Lipinski definition) is 5. The lowest BCUT2D eigenvalue weighted by Gasteiger charge is -2.24. The Hall–Kier alpha value is -0.690. The molecule has 0 saturated carbocycles. The van der Waals surface area contributed by atoms with Crippen molar-refractivity contribution in [1.82, 2.24) is 0 Å². The molecule has 0 spiro atoms. The molecule has 0 aliphatic rings. The first-order valence-electron chi connectivity index (χ1n) is 5.10. The van der Waals surface area contributed by atoms with E-state index in [9.17, 15) is 4.79 Å². The van der Waals surface area contributed by atoms with Crippen LogP contribution < -0.4 is 0 Å². The molecule has 0 radical (unpaired) electrons. The number of aliphatic hydroxyl groups excluding tert-OH is 4. The molecular weight excluding hydrogens is 216 g/mol. The van der Waals surface area contributed by atoms with E-state index in [0.29, 0.717) is 6.42 Å². The zero-order valence-corrected chi connectivity index (χ0v) is 9.76. The first-order valence-corrected chi connectivity index (χ1v) is 5.10. The summed E-state index contributed by atoms with van der Waals surface area (Å²) in [5.74, 6) is -0.963. The van der Waals surface area contributed by atoms with Gasteiger partial charge in [0.05, 0.1) is 32.3 Å². The molecule has 98 valence electrons. The molecule has 5 N–H and O–H groups in total. The summed E-state index contributed by atoms with van der Waals surface area (Å²) in [6.07, 6.45) is -0.297. The summed E-state index contributed by atoms with van der Waals surface area (Å²) >= 11 is 0. The van der Waals surface area contributed by atoms with Gasteiger partial charge in [-0.05, 0) is 13.3 Å². The number of aliphatic carboxylic acids is 1. The monoisotopic (exact) mass is 238 g/mol. The van der Waals surface area contributed by atoms with E-state index in [4.69, 9.17) is 25.5 Å². The molecule has 0 aliphatic carbocycles. The van der Waals surface area contributed by atoms with Gasteiger partial charge in [0.1, 0.15) is 0 Å². The highest BCUT2D eigenvalue weighted by atomic mass is 16.4. The van der Waals surface area contributed by atoms with E-state index in [-0.39, 0.29) is 26.2 Å². The second-order valence-electron chi connectivity index (χ2n) is 3.77. The minimum atomic E-state index is -0.963. The van der Waals surface area contributed by atoms with Gasteiger partial charge >= 0.3 is 5.97 Å². The Morgan fingerprint density at radius 3 is 1.56 bits per heavy atom. The number of hydrogen-bond acceptors (Lipinski definition) is 5. The van der Waals surface area contributed by atoms with Crippen LogP contribution in [-0.4, -0.2) is 57.4 Å². The van der Waals surface area contributed by atoms with Gasteiger partial charge in [0, 0.05) is 5.41 Å². The molecule has 0 aliphatic heterocycles. The Bertz CT molecular complexity index is 159. The average Bonchev–Trinajstić information content (AvgIpc) is 2.21. The molecule has 6 nitrogen and oxygen atoms in total. The van der Waals surface area contributed by atoms with Crippen molar-refractivity contribution in [3.05, 3.63) is 0 Å². The molecule has 0 heterocycles. The van der Waals surface area contributed by atoms with Crippen LogP contribution >= 0.6 is 0 Å². The third-order valence-corrected chi connectivity index (χ3v) is 2.23. The summed E-state index contributed by atoms with van der Waals surface area (Å²) in [7, 11) is 0. The molecular formula is C10H22O6. The second-order valence-corrected chi connectivity index (χ2v) is 3.77. The van der Waals surface area contributed by atoms with Crippen molar-refractivity contribution in [2.24, 2.45) is 5.41 Å². The maximum Gasteiger partial charge on any atom is 0.305 e. The van der Waals surface area contributed by atoms with Gasteiger partial charge in [-0.3, -0.25) is 4.79 Å². The highest BCUT2D eigenvalue weighted by molar-refractivity contribution is 5.67. The largest absolute Gasteiger partial charge is 0.481 e. The van der Waals surface area contributed by atoms with Crippen molar-refractivity contribution in [1.29, 1.82) is 0 Å². The summed E-state index contributed by atoms with van der Waals surface area (Å²) < 4.78 is 0. The van der Waals surface area contributed by atoms with E-state index >= 15 is 0 Å². The average molecular weight is 238 g/mol. The number of aliphatic hydroxyl groups is 4. The van der Waals surface area contributed by atoms with E-state index in [1.54, 1.807) is 0 Å². The van der Waals surface area contributed by atoms with Crippen LogP contribution in [0.3, 0.4) is 0 Å². The highest BCUT2D eigenvalue weighted by Crippen LogP contribution is 2.18. The number of carbonyl (C=O) groups is 1. The fourth-order valence-corrected chi connectivity index (χ4v) is 0.738. The molecule has 0 saturated heterocycles. The van der Waals surface area contributed by atoms with Crippen LogP contribution in [0.2, 0.25) is 0 Å². The summed E-state index contributed by atoms with van der Waals surface area (Å²) in [5.41, 5.74) is -0.667. The topological polar surface area (TPSA) is 118 Å². The minimum Gasteiger partial charge on any atom is -0.481 e. The van der Waals surface area contributed by atoms with Crippen LogP contribution in [0, 0.1) is 5.41 Å². The van der Waals surface area contributed by atoms with Gasteiger partial charge in [0.15, 0.2) is 0 Å². The van der Waals surface area contributed by atoms with Gasteiger partial charge in [-0.25, -0.2) is 0 Å². The van der Waals surface area contributed by atoms with Crippen molar-refractivity contribution in [3.8, 4) is 0 Å². The van der Waals surface area contributed by atoms with Gasteiger partial charge < -0.3 is 25.5 Å². The van der Waals surface area contributed by atoms with Crippen LogP contribution in [0.5, 0.6) is 0 Å². The quantitative estimate of drug-likeness (QED) is 0.413. The molecule has 1 atom stereocenters. The predicted molar refractivity (Wildman–Crippen MR) is 57.9 cm³/mol. The normalized spacial score (nSPS) is 12.6. The number of carboxylic acid groups (broad SMARTS) is 1. The van der Waals surface area contributed by atoms with Crippen LogP contribution in [-0.2, 0) is 4.79 Å². The third-order valence-electron chi connectivity index (χ3n) is 2.23. The van der Waals surface area contributed by atoms with Crippen molar-refractivity contribution in [2.45, 2.75) is 32.8 Å². The summed E-state index contributed by atoms with van der Waals surface area (Å²) in [6, 6.07) is 0. The zero-order valence-electron chi connectivity index (χ0n) is 9.76. The van der Waals surface area contributed by atoms with Gasteiger partial charge in [0.25, 0.3) is 0 Å². The van der Waals surface area contributed by atoms with E-state index < -0.39 is 17.5 Å². The lowest BCUT2D eigenvalue weighted by molar-refractivity contribution is -0.138. The first kappa shape index (κ1) is 17.7. The molecule has 0 bridgehead atoms. The van der Waals surface area contributed by atoms with E-state index in [2.05, 4.69) is 0 Å². The van der Waals surface area contributed by atoms with Gasteiger partial charge in [-0.1, -0.05) is 6.92 Å². The minimum absolute atomic E-state index is 0.156. The Morgan fingerprint density at radius 1 is 1.19 bits per heavy atom. The van der Waals surface area contributed by atoms with Crippen molar-refractivity contribution in [3.63, 3.8) is 0 Å². The van der Waals surface area contributed by atoms with Gasteiger partial charge in [0.2, 0.25) is 0 Å². The van der Waals surface area contributed by atoms with Crippen molar-refractivity contribution >= 4 is 5.97 Å². The molecule has 0 amide bonds. The first-order chi connectivity index (χ1) is 7.37. The fourth-order valence-electron chi connectivity index (χ4n) is 0.738. The third kappa shape index (κ3) is 8.60. The molecule has 0 fully saturated rings. The van der Waals surface area contributed by atoms with Crippen molar-refractivity contribution in [2.75, 3.05) is 19.8 Å². The van der Waals surface area contributed by atoms with E-state index in [1.165, 1.54) is 6.92 Å². The lowest BCUT2D eigenvalue weighted by atomic mass is 9.88. The Morgan fingerprint density at radius 2 is 1.56 bits per heavy atom. The fraction of sp³-hybridized carbons (Fsp3) is 0.900. The second kappa shape index (κ2) is 9.53. The highest BCUT2D eigenvalue weighted by Gasteiger charge is 2.24. The van der Waals surface area contributed by atoms with Crippen LogP contribution in [0.1, 0.15) is 26.7 Å².